The number of hydrogen-bond donors (Lipinski definition) is 3. The lowest BCUT2D eigenvalue weighted by Crippen LogP contribution is -2.40. The molecule has 0 radical (unpaired) electrons. The maximum absolute atomic E-state index is 15.4. The zero-order chi connectivity index (χ0) is 27.6. The quantitative estimate of drug-likeness (QED) is 0.256. The van der Waals surface area contributed by atoms with Crippen molar-refractivity contribution >= 4 is 29.1 Å². The van der Waals surface area contributed by atoms with Crippen LogP contribution in [0.1, 0.15) is 29.8 Å². The zero-order valence-electron chi connectivity index (χ0n) is 20.4. The van der Waals surface area contributed by atoms with E-state index in [9.17, 15) is 19.1 Å². The van der Waals surface area contributed by atoms with Gasteiger partial charge in [-0.25, -0.2) is 13.6 Å². The van der Waals surface area contributed by atoms with E-state index in [1.807, 2.05) is 0 Å². The first-order chi connectivity index (χ1) is 18.0. The summed E-state index contributed by atoms with van der Waals surface area (Å²) in [7, 11) is 0. The number of amides is 1. The smallest absolute Gasteiger partial charge is 0.348 e. The fraction of sp³-hybridized carbons (Fsp3) is 0.222. The normalized spacial score (nSPS) is 12.4. The molecule has 7 nitrogen and oxygen atoms in total. The highest BCUT2D eigenvalue weighted by Gasteiger charge is 2.32. The predicted molar refractivity (Wildman–Crippen MR) is 142 cm³/mol. The third-order valence-corrected chi connectivity index (χ3v) is 6.75. The largest absolute Gasteiger partial charge is 0.507 e. The molecule has 0 fully saturated rings. The lowest BCUT2D eigenvalue weighted by atomic mass is 9.83. The third kappa shape index (κ3) is 5.89. The van der Waals surface area contributed by atoms with Gasteiger partial charge in [-0.15, -0.1) is 5.10 Å². The summed E-state index contributed by atoms with van der Waals surface area (Å²) in [6, 6.07) is 14.9. The molecule has 1 unspecified atom stereocenters. The van der Waals surface area contributed by atoms with Crippen molar-refractivity contribution in [2.75, 3.05) is 6.54 Å². The van der Waals surface area contributed by atoms with Gasteiger partial charge in [-0.1, -0.05) is 49.2 Å². The molecule has 1 atom stereocenters. The van der Waals surface area contributed by atoms with E-state index < -0.39 is 29.0 Å². The molecule has 1 amide bonds. The number of H-pyrrole nitrogens is 1. The lowest BCUT2D eigenvalue weighted by molar-refractivity contribution is 0.0888. The van der Waals surface area contributed by atoms with Crippen LogP contribution in [0.15, 0.2) is 65.5 Å². The standard InChI is InChI=1S/C27H24Cl2F2N4O3/c1-27(2,14-32-25(37)18-5-3-4-6-22(18)36)23(31)12-15-11-19(20(29)13-21(15)30)24-33-26(38)35(34-24)17-9-7-16(28)8-10-17/h3-11,13,23,36H,12,14H2,1-2H3,(H,32,37)(H,33,34,38). The average molecular weight is 561 g/mol. The first kappa shape index (κ1) is 27.3. The van der Waals surface area contributed by atoms with E-state index in [4.69, 9.17) is 23.2 Å². The maximum atomic E-state index is 15.4. The highest BCUT2D eigenvalue weighted by atomic mass is 35.5. The van der Waals surface area contributed by atoms with Gasteiger partial charge in [0.05, 0.1) is 16.3 Å². The van der Waals surface area contributed by atoms with Crippen molar-refractivity contribution in [2.24, 2.45) is 5.41 Å². The minimum Gasteiger partial charge on any atom is -0.507 e. The minimum absolute atomic E-state index is 0.00661. The summed E-state index contributed by atoms with van der Waals surface area (Å²) in [4.78, 5) is 27.5. The molecule has 3 aromatic carbocycles. The molecule has 198 valence electrons. The molecule has 1 aromatic heterocycles. The SMILES string of the molecule is CC(C)(CNC(=O)c1ccccc1O)C(F)Cc1cc(-c2nn(-c3ccc(Cl)cc3)c(=O)[nH]2)c(Cl)cc1F. The summed E-state index contributed by atoms with van der Waals surface area (Å²) >= 11 is 12.2. The zero-order valence-corrected chi connectivity index (χ0v) is 21.9. The molecule has 0 saturated heterocycles. The number of nitrogens with zero attached hydrogens (tertiary/aromatic N) is 2. The van der Waals surface area contributed by atoms with Crippen LogP contribution in [0.25, 0.3) is 17.1 Å². The molecule has 3 N–H and O–H groups in total. The number of para-hydroxylation sites is 1. The Bertz CT molecular complexity index is 1530. The summed E-state index contributed by atoms with van der Waals surface area (Å²) in [5.74, 6) is -1.37. The molecule has 0 bridgehead atoms. The number of halogens is 4. The number of aromatic nitrogens is 3. The predicted octanol–water partition coefficient (Wildman–Crippen LogP) is 5.72. The second-order valence-corrected chi connectivity index (χ2v) is 10.3. The van der Waals surface area contributed by atoms with Gasteiger partial charge in [-0.2, -0.15) is 4.68 Å². The van der Waals surface area contributed by atoms with Crippen molar-refractivity contribution in [3.63, 3.8) is 0 Å². The number of hydrogen-bond acceptors (Lipinski definition) is 4. The van der Waals surface area contributed by atoms with E-state index in [-0.39, 0.29) is 46.3 Å². The molecular weight excluding hydrogens is 537 g/mol. The van der Waals surface area contributed by atoms with Gasteiger partial charge in [0, 0.05) is 29.0 Å². The van der Waals surface area contributed by atoms with Crippen molar-refractivity contribution in [2.45, 2.75) is 26.4 Å². The highest BCUT2D eigenvalue weighted by Crippen LogP contribution is 2.32. The Morgan fingerprint density at radius 2 is 1.84 bits per heavy atom. The van der Waals surface area contributed by atoms with Crippen molar-refractivity contribution in [3.05, 3.63) is 98.1 Å². The number of carbonyl (C=O) groups is 1. The molecule has 0 aliphatic heterocycles. The van der Waals surface area contributed by atoms with Crippen LogP contribution in [-0.2, 0) is 6.42 Å². The molecule has 0 saturated carbocycles. The van der Waals surface area contributed by atoms with Gasteiger partial charge in [0.2, 0.25) is 0 Å². The molecule has 0 spiro atoms. The van der Waals surface area contributed by atoms with Crippen molar-refractivity contribution in [1.82, 2.24) is 20.1 Å². The van der Waals surface area contributed by atoms with Crippen LogP contribution >= 0.6 is 23.2 Å². The summed E-state index contributed by atoms with van der Waals surface area (Å²) in [6.07, 6.45) is -1.89. The van der Waals surface area contributed by atoms with Gasteiger partial charge in [0.25, 0.3) is 5.91 Å². The van der Waals surface area contributed by atoms with E-state index in [2.05, 4.69) is 15.4 Å². The monoisotopic (exact) mass is 560 g/mol. The Morgan fingerprint density at radius 3 is 2.53 bits per heavy atom. The molecule has 4 rings (SSSR count). The Labute approximate surface area is 227 Å². The van der Waals surface area contributed by atoms with E-state index >= 15 is 4.39 Å². The van der Waals surface area contributed by atoms with E-state index in [0.29, 0.717) is 10.7 Å². The van der Waals surface area contributed by atoms with Gasteiger partial charge < -0.3 is 10.4 Å². The Morgan fingerprint density at radius 1 is 1.16 bits per heavy atom. The van der Waals surface area contributed by atoms with Crippen molar-refractivity contribution in [1.29, 1.82) is 0 Å². The van der Waals surface area contributed by atoms with Crippen LogP contribution in [0.3, 0.4) is 0 Å². The number of nitrogens with one attached hydrogen (secondary N) is 2. The van der Waals surface area contributed by atoms with Crippen LogP contribution in [-0.4, -0.2) is 38.5 Å². The summed E-state index contributed by atoms with van der Waals surface area (Å²) < 4.78 is 31.4. The minimum atomic E-state index is -1.57. The average Bonchev–Trinajstić information content (AvgIpc) is 3.26. The van der Waals surface area contributed by atoms with E-state index in [1.165, 1.54) is 18.2 Å². The number of aromatic amines is 1. The van der Waals surface area contributed by atoms with E-state index in [0.717, 1.165) is 10.7 Å². The van der Waals surface area contributed by atoms with Crippen molar-refractivity contribution in [3.8, 4) is 22.8 Å². The second-order valence-electron chi connectivity index (χ2n) is 9.45. The third-order valence-electron chi connectivity index (χ3n) is 6.18. The summed E-state index contributed by atoms with van der Waals surface area (Å²) in [5.41, 5.74) is -0.855. The first-order valence-electron chi connectivity index (χ1n) is 11.6. The van der Waals surface area contributed by atoms with Crippen LogP contribution in [0, 0.1) is 11.2 Å². The van der Waals surface area contributed by atoms with Gasteiger partial charge in [0.15, 0.2) is 5.82 Å². The Hall–Kier alpha value is -3.69. The molecule has 11 heteroatoms. The number of alkyl halides is 1. The van der Waals surface area contributed by atoms with Crippen molar-refractivity contribution < 1.29 is 18.7 Å². The van der Waals surface area contributed by atoms with Crippen LogP contribution in [0.5, 0.6) is 5.75 Å². The number of benzene rings is 3. The number of carbonyl (C=O) groups excluding carboxylic acids is 1. The lowest BCUT2D eigenvalue weighted by Gasteiger charge is -2.29. The Kier molecular flexibility index (Phi) is 7.89. The van der Waals surface area contributed by atoms with Gasteiger partial charge in [0.1, 0.15) is 17.7 Å². The van der Waals surface area contributed by atoms with E-state index in [1.54, 1.807) is 50.2 Å². The topological polar surface area (TPSA) is 100 Å². The molecular formula is C27H24Cl2F2N4O3. The van der Waals surface area contributed by atoms with Gasteiger partial charge in [-0.3, -0.25) is 9.78 Å². The first-order valence-corrected chi connectivity index (χ1v) is 12.4. The van der Waals surface area contributed by atoms with Gasteiger partial charge in [-0.05, 0) is 54.1 Å². The molecule has 1 heterocycles. The second kappa shape index (κ2) is 11.0. The number of rotatable bonds is 8. The van der Waals surface area contributed by atoms with Crippen LogP contribution in [0.2, 0.25) is 10.0 Å². The number of phenols is 1. The molecule has 0 aliphatic rings. The fourth-order valence-corrected chi connectivity index (χ4v) is 4.15. The van der Waals surface area contributed by atoms with Crippen LogP contribution < -0.4 is 11.0 Å². The highest BCUT2D eigenvalue weighted by molar-refractivity contribution is 6.33. The number of aromatic hydroxyl groups is 1. The van der Waals surface area contributed by atoms with Gasteiger partial charge >= 0.3 is 5.69 Å². The fourth-order valence-electron chi connectivity index (χ4n) is 3.78. The molecule has 4 aromatic rings. The maximum Gasteiger partial charge on any atom is 0.348 e. The summed E-state index contributed by atoms with van der Waals surface area (Å²) in [5, 5.41) is 17.2. The molecule has 38 heavy (non-hydrogen) atoms. The molecule has 0 aliphatic carbocycles. The Balaban J connectivity index is 1.53. The number of phenolic OH excluding ortho intramolecular Hbond substituents is 1. The van der Waals surface area contributed by atoms with Crippen LogP contribution in [0.4, 0.5) is 8.78 Å². The summed E-state index contributed by atoms with van der Waals surface area (Å²) in [6.45, 7) is 3.13.